The molecule has 0 spiro atoms. The molecule has 0 saturated carbocycles. The third-order valence-corrected chi connectivity index (χ3v) is 4.82. The number of ether oxygens (including phenoxy) is 1. The van der Waals surface area contributed by atoms with Gasteiger partial charge in [-0.2, -0.15) is 5.10 Å². The highest BCUT2D eigenvalue weighted by atomic mass is 16.5. The standard InChI is InChI=1S/C19H26N4O2/c1-5-22(16-8-9-25-19(3,4)11-16)18(24)15-6-7-17(14(2)10-15)23-13-20-12-21-23/h6-7,10,12-13,16H,5,8-9,11H2,1-4H3. The van der Waals surface area contributed by atoms with Gasteiger partial charge in [-0.15, -0.1) is 0 Å². The molecular weight excluding hydrogens is 316 g/mol. The van der Waals surface area contributed by atoms with E-state index in [1.807, 2.05) is 36.9 Å². The van der Waals surface area contributed by atoms with E-state index >= 15 is 0 Å². The lowest BCUT2D eigenvalue weighted by Gasteiger charge is -2.41. The van der Waals surface area contributed by atoms with E-state index in [0.717, 1.165) is 24.1 Å². The molecule has 0 radical (unpaired) electrons. The Bertz CT molecular complexity index is 740. The number of carbonyl (C=O) groups is 1. The molecule has 6 heteroatoms. The number of hydrogen-bond donors (Lipinski definition) is 0. The van der Waals surface area contributed by atoms with E-state index in [1.54, 1.807) is 11.0 Å². The lowest BCUT2D eigenvalue weighted by atomic mass is 9.92. The number of carbonyl (C=O) groups excluding carboxylic acids is 1. The van der Waals surface area contributed by atoms with Crippen molar-refractivity contribution in [3.8, 4) is 5.69 Å². The van der Waals surface area contributed by atoms with Gasteiger partial charge in [0, 0.05) is 24.8 Å². The fourth-order valence-electron chi connectivity index (χ4n) is 3.58. The molecule has 1 amide bonds. The maximum absolute atomic E-state index is 13.1. The zero-order chi connectivity index (χ0) is 18.0. The van der Waals surface area contributed by atoms with Crippen molar-refractivity contribution in [1.82, 2.24) is 19.7 Å². The molecule has 1 fully saturated rings. The normalized spacial score (nSPS) is 19.6. The van der Waals surface area contributed by atoms with Crippen LogP contribution in [0.15, 0.2) is 30.9 Å². The Labute approximate surface area is 148 Å². The zero-order valence-corrected chi connectivity index (χ0v) is 15.4. The van der Waals surface area contributed by atoms with Crippen LogP contribution in [0.5, 0.6) is 0 Å². The molecule has 1 aromatic carbocycles. The zero-order valence-electron chi connectivity index (χ0n) is 15.4. The highest BCUT2D eigenvalue weighted by Gasteiger charge is 2.34. The molecule has 2 aromatic rings. The van der Waals surface area contributed by atoms with Crippen molar-refractivity contribution in [2.45, 2.75) is 52.2 Å². The van der Waals surface area contributed by atoms with Crippen LogP contribution in [0.25, 0.3) is 5.69 Å². The molecule has 1 saturated heterocycles. The van der Waals surface area contributed by atoms with Crippen LogP contribution >= 0.6 is 0 Å². The summed E-state index contributed by atoms with van der Waals surface area (Å²) in [6.07, 6.45) is 4.91. The number of benzene rings is 1. The van der Waals surface area contributed by atoms with Gasteiger partial charge in [0.2, 0.25) is 0 Å². The molecule has 6 nitrogen and oxygen atoms in total. The van der Waals surface area contributed by atoms with Crippen LogP contribution in [0.3, 0.4) is 0 Å². The van der Waals surface area contributed by atoms with Crippen molar-refractivity contribution in [1.29, 1.82) is 0 Å². The van der Waals surface area contributed by atoms with Crippen LogP contribution in [0, 0.1) is 6.92 Å². The first kappa shape index (κ1) is 17.6. The predicted octanol–water partition coefficient (Wildman–Crippen LogP) is 3.00. The van der Waals surface area contributed by atoms with Crippen molar-refractivity contribution >= 4 is 5.91 Å². The summed E-state index contributed by atoms with van der Waals surface area (Å²) in [4.78, 5) is 19.0. The number of hydrogen-bond acceptors (Lipinski definition) is 4. The van der Waals surface area contributed by atoms with Crippen LogP contribution < -0.4 is 0 Å². The van der Waals surface area contributed by atoms with Gasteiger partial charge < -0.3 is 9.64 Å². The molecule has 1 atom stereocenters. The second-order valence-corrected chi connectivity index (χ2v) is 7.19. The molecular formula is C19H26N4O2. The van der Waals surface area contributed by atoms with Crippen LogP contribution in [-0.2, 0) is 4.74 Å². The second kappa shape index (κ2) is 6.96. The minimum absolute atomic E-state index is 0.0819. The maximum Gasteiger partial charge on any atom is 0.254 e. The maximum atomic E-state index is 13.1. The SMILES string of the molecule is CCN(C(=O)c1ccc(-n2cncn2)c(C)c1)C1CCOC(C)(C)C1. The summed E-state index contributed by atoms with van der Waals surface area (Å²) in [5.74, 6) is 0.0819. The highest BCUT2D eigenvalue weighted by molar-refractivity contribution is 5.95. The molecule has 0 N–H and O–H groups in total. The number of aryl methyl sites for hydroxylation is 1. The predicted molar refractivity (Wildman–Crippen MR) is 95.9 cm³/mol. The quantitative estimate of drug-likeness (QED) is 0.857. The summed E-state index contributed by atoms with van der Waals surface area (Å²) in [7, 11) is 0. The van der Waals surface area contributed by atoms with Gasteiger partial charge in [0.05, 0.1) is 11.3 Å². The molecule has 0 bridgehead atoms. The lowest BCUT2D eigenvalue weighted by molar-refractivity contribution is -0.0777. The molecule has 134 valence electrons. The van der Waals surface area contributed by atoms with Gasteiger partial charge in [-0.25, -0.2) is 9.67 Å². The monoisotopic (exact) mass is 342 g/mol. The number of aromatic nitrogens is 3. The largest absolute Gasteiger partial charge is 0.375 e. The summed E-state index contributed by atoms with van der Waals surface area (Å²) >= 11 is 0. The van der Waals surface area contributed by atoms with Gasteiger partial charge in [-0.05, 0) is 64.3 Å². The third-order valence-electron chi connectivity index (χ3n) is 4.82. The number of amides is 1. The molecule has 3 rings (SSSR count). The third kappa shape index (κ3) is 3.74. The number of nitrogens with zero attached hydrogens (tertiary/aromatic N) is 4. The van der Waals surface area contributed by atoms with E-state index in [-0.39, 0.29) is 17.6 Å². The second-order valence-electron chi connectivity index (χ2n) is 7.19. The molecule has 1 aromatic heterocycles. The van der Waals surface area contributed by atoms with Gasteiger partial charge in [0.25, 0.3) is 5.91 Å². The Morgan fingerprint density at radius 2 is 2.24 bits per heavy atom. The van der Waals surface area contributed by atoms with E-state index in [1.165, 1.54) is 6.33 Å². The minimum Gasteiger partial charge on any atom is -0.375 e. The fourth-order valence-corrected chi connectivity index (χ4v) is 3.58. The first-order chi connectivity index (χ1) is 11.9. The first-order valence-corrected chi connectivity index (χ1v) is 8.82. The summed E-state index contributed by atoms with van der Waals surface area (Å²) in [6, 6.07) is 5.96. The Hall–Kier alpha value is -2.21. The molecule has 2 heterocycles. The first-order valence-electron chi connectivity index (χ1n) is 8.82. The Morgan fingerprint density at radius 1 is 1.44 bits per heavy atom. The van der Waals surface area contributed by atoms with E-state index in [2.05, 4.69) is 23.9 Å². The number of rotatable bonds is 4. The summed E-state index contributed by atoms with van der Waals surface area (Å²) in [5.41, 5.74) is 2.47. The highest BCUT2D eigenvalue weighted by Crippen LogP contribution is 2.28. The van der Waals surface area contributed by atoms with E-state index < -0.39 is 0 Å². The Balaban J connectivity index is 1.82. The van der Waals surface area contributed by atoms with Crippen LogP contribution in [-0.4, -0.2) is 50.4 Å². The summed E-state index contributed by atoms with van der Waals surface area (Å²) < 4.78 is 7.51. The van der Waals surface area contributed by atoms with E-state index in [4.69, 9.17) is 4.74 Å². The minimum atomic E-state index is -0.177. The van der Waals surface area contributed by atoms with E-state index in [0.29, 0.717) is 18.7 Å². The van der Waals surface area contributed by atoms with Gasteiger partial charge in [0.15, 0.2) is 0 Å². The average Bonchev–Trinajstić information content (AvgIpc) is 3.08. The smallest absolute Gasteiger partial charge is 0.254 e. The summed E-state index contributed by atoms with van der Waals surface area (Å²) in [5, 5.41) is 4.16. The lowest BCUT2D eigenvalue weighted by Crippen LogP contribution is -2.48. The van der Waals surface area contributed by atoms with Gasteiger partial charge in [-0.1, -0.05) is 0 Å². The molecule has 25 heavy (non-hydrogen) atoms. The molecule has 1 unspecified atom stereocenters. The fraction of sp³-hybridized carbons (Fsp3) is 0.526. The average molecular weight is 342 g/mol. The van der Waals surface area contributed by atoms with Crippen molar-refractivity contribution in [2.75, 3.05) is 13.2 Å². The van der Waals surface area contributed by atoms with Gasteiger partial charge in [0.1, 0.15) is 12.7 Å². The van der Waals surface area contributed by atoms with Crippen molar-refractivity contribution in [3.63, 3.8) is 0 Å². The van der Waals surface area contributed by atoms with Crippen molar-refractivity contribution in [2.24, 2.45) is 0 Å². The van der Waals surface area contributed by atoms with Gasteiger partial charge in [-0.3, -0.25) is 4.79 Å². The van der Waals surface area contributed by atoms with Crippen LogP contribution in [0.1, 0.15) is 49.5 Å². The molecule has 1 aliphatic rings. The topological polar surface area (TPSA) is 60.2 Å². The Morgan fingerprint density at radius 3 is 2.84 bits per heavy atom. The summed E-state index contributed by atoms with van der Waals surface area (Å²) in [6.45, 7) is 9.61. The van der Waals surface area contributed by atoms with Crippen LogP contribution in [0.4, 0.5) is 0 Å². The molecule has 1 aliphatic heterocycles. The molecule has 0 aliphatic carbocycles. The van der Waals surface area contributed by atoms with E-state index in [9.17, 15) is 4.79 Å². The Kier molecular flexibility index (Phi) is 4.90. The van der Waals surface area contributed by atoms with Crippen molar-refractivity contribution < 1.29 is 9.53 Å². The van der Waals surface area contributed by atoms with Crippen LogP contribution in [0.2, 0.25) is 0 Å². The van der Waals surface area contributed by atoms with Gasteiger partial charge >= 0.3 is 0 Å². The van der Waals surface area contributed by atoms with Crippen molar-refractivity contribution in [3.05, 3.63) is 42.0 Å².